The number of fused-ring (bicyclic) bond motifs is 1. The molecule has 0 bridgehead atoms. The van der Waals surface area contributed by atoms with Gasteiger partial charge in [0.15, 0.2) is 17.3 Å². The Labute approximate surface area is 163 Å². The van der Waals surface area contributed by atoms with Crippen LogP contribution in [-0.2, 0) is 4.79 Å². The highest BCUT2D eigenvalue weighted by molar-refractivity contribution is 6.01. The Hall–Kier alpha value is -3.35. The standard InChI is InChI=1S/C21H22N2O5/c1-2-22-21(26)15-4-3-5-16(12-15)23-20(25)9-7-17(24)14-6-8-18-19(13-14)28-11-10-27-18/h3-6,8,12-13H,2,7,9-11H2,1H3,(H,22,26)(H,23,25). The molecule has 3 rings (SSSR count). The molecule has 1 heterocycles. The average molecular weight is 382 g/mol. The van der Waals surface area contributed by atoms with Gasteiger partial charge in [0.1, 0.15) is 13.2 Å². The number of anilines is 1. The van der Waals surface area contributed by atoms with Gasteiger partial charge in [0.25, 0.3) is 5.91 Å². The lowest BCUT2D eigenvalue weighted by molar-refractivity contribution is -0.116. The molecule has 0 aliphatic carbocycles. The Morgan fingerprint density at radius 3 is 2.50 bits per heavy atom. The fourth-order valence-corrected chi connectivity index (χ4v) is 2.81. The lowest BCUT2D eigenvalue weighted by Gasteiger charge is -2.18. The van der Waals surface area contributed by atoms with Gasteiger partial charge in [-0.25, -0.2) is 0 Å². The topological polar surface area (TPSA) is 93.7 Å². The van der Waals surface area contributed by atoms with Gasteiger partial charge in [0.2, 0.25) is 5.91 Å². The number of carbonyl (C=O) groups excluding carboxylic acids is 3. The normalized spacial score (nSPS) is 12.2. The van der Waals surface area contributed by atoms with E-state index in [4.69, 9.17) is 9.47 Å². The van der Waals surface area contributed by atoms with E-state index in [2.05, 4.69) is 10.6 Å². The van der Waals surface area contributed by atoms with Gasteiger partial charge in [-0.05, 0) is 43.3 Å². The molecule has 146 valence electrons. The number of hydrogen-bond acceptors (Lipinski definition) is 5. The van der Waals surface area contributed by atoms with Crippen molar-refractivity contribution in [3.05, 3.63) is 53.6 Å². The summed E-state index contributed by atoms with van der Waals surface area (Å²) in [4.78, 5) is 36.4. The summed E-state index contributed by atoms with van der Waals surface area (Å²) in [6.07, 6.45) is 0.111. The number of Topliss-reactive ketones (excluding diaryl/α,β-unsaturated/α-hetero) is 1. The number of hydrogen-bond donors (Lipinski definition) is 2. The van der Waals surface area contributed by atoms with Gasteiger partial charge in [-0.3, -0.25) is 14.4 Å². The van der Waals surface area contributed by atoms with Crippen LogP contribution in [0.3, 0.4) is 0 Å². The smallest absolute Gasteiger partial charge is 0.251 e. The number of benzene rings is 2. The highest BCUT2D eigenvalue weighted by Crippen LogP contribution is 2.31. The minimum absolute atomic E-state index is 0.0403. The van der Waals surface area contributed by atoms with E-state index in [9.17, 15) is 14.4 Å². The van der Waals surface area contributed by atoms with Crippen LogP contribution in [0.5, 0.6) is 11.5 Å². The lowest BCUT2D eigenvalue weighted by atomic mass is 10.1. The zero-order chi connectivity index (χ0) is 19.9. The molecule has 0 spiro atoms. The summed E-state index contributed by atoms with van der Waals surface area (Å²) in [7, 11) is 0. The summed E-state index contributed by atoms with van der Waals surface area (Å²) in [5.74, 6) is 0.519. The fourth-order valence-electron chi connectivity index (χ4n) is 2.81. The maximum Gasteiger partial charge on any atom is 0.251 e. The van der Waals surface area contributed by atoms with Crippen LogP contribution in [0.4, 0.5) is 5.69 Å². The molecule has 1 aliphatic rings. The first-order valence-corrected chi connectivity index (χ1v) is 9.18. The Morgan fingerprint density at radius 2 is 1.71 bits per heavy atom. The van der Waals surface area contributed by atoms with Crippen molar-refractivity contribution in [1.82, 2.24) is 5.32 Å². The van der Waals surface area contributed by atoms with E-state index in [0.717, 1.165) is 0 Å². The minimum Gasteiger partial charge on any atom is -0.486 e. The Kier molecular flexibility index (Phi) is 6.26. The molecule has 0 aromatic heterocycles. The van der Waals surface area contributed by atoms with E-state index < -0.39 is 0 Å². The maximum atomic E-state index is 12.4. The molecule has 0 atom stereocenters. The quantitative estimate of drug-likeness (QED) is 0.718. The first-order chi connectivity index (χ1) is 13.6. The van der Waals surface area contributed by atoms with Crippen LogP contribution in [0.15, 0.2) is 42.5 Å². The zero-order valence-corrected chi connectivity index (χ0v) is 15.6. The molecule has 0 saturated heterocycles. The van der Waals surface area contributed by atoms with Gasteiger partial charge in [0, 0.05) is 36.2 Å². The second kappa shape index (κ2) is 9.03. The van der Waals surface area contributed by atoms with Gasteiger partial charge < -0.3 is 20.1 Å². The summed E-state index contributed by atoms with van der Waals surface area (Å²) in [6, 6.07) is 11.7. The average Bonchev–Trinajstić information content (AvgIpc) is 2.72. The summed E-state index contributed by atoms with van der Waals surface area (Å²) >= 11 is 0. The number of rotatable bonds is 7. The lowest BCUT2D eigenvalue weighted by Crippen LogP contribution is -2.22. The molecule has 28 heavy (non-hydrogen) atoms. The number of carbonyl (C=O) groups is 3. The van der Waals surface area contributed by atoms with Crippen molar-refractivity contribution < 1.29 is 23.9 Å². The number of ketones is 1. The van der Waals surface area contributed by atoms with E-state index in [1.807, 2.05) is 6.92 Å². The summed E-state index contributed by atoms with van der Waals surface area (Å²) < 4.78 is 10.9. The summed E-state index contributed by atoms with van der Waals surface area (Å²) in [5, 5.41) is 5.43. The van der Waals surface area contributed by atoms with Crippen LogP contribution >= 0.6 is 0 Å². The van der Waals surface area contributed by atoms with Crippen LogP contribution in [0.1, 0.15) is 40.5 Å². The van der Waals surface area contributed by atoms with Crippen LogP contribution in [0, 0.1) is 0 Å². The highest BCUT2D eigenvalue weighted by Gasteiger charge is 2.16. The van der Waals surface area contributed by atoms with Gasteiger partial charge in [-0.2, -0.15) is 0 Å². The van der Waals surface area contributed by atoms with Crippen molar-refractivity contribution in [2.75, 3.05) is 25.1 Å². The highest BCUT2D eigenvalue weighted by atomic mass is 16.6. The molecule has 7 nitrogen and oxygen atoms in total. The molecule has 2 aromatic carbocycles. The number of nitrogens with one attached hydrogen (secondary N) is 2. The molecule has 2 aromatic rings. The van der Waals surface area contributed by atoms with Crippen molar-refractivity contribution in [2.24, 2.45) is 0 Å². The molecule has 2 N–H and O–H groups in total. The van der Waals surface area contributed by atoms with Crippen LogP contribution in [0.2, 0.25) is 0 Å². The van der Waals surface area contributed by atoms with Crippen LogP contribution in [-0.4, -0.2) is 37.4 Å². The molecule has 0 unspecified atom stereocenters. The predicted octanol–water partition coefficient (Wildman–Crippen LogP) is 2.81. The van der Waals surface area contributed by atoms with Crippen molar-refractivity contribution in [3.8, 4) is 11.5 Å². The third-order valence-corrected chi connectivity index (χ3v) is 4.19. The van der Waals surface area contributed by atoms with E-state index in [0.29, 0.717) is 48.1 Å². The van der Waals surface area contributed by atoms with Gasteiger partial charge >= 0.3 is 0 Å². The summed E-state index contributed by atoms with van der Waals surface area (Å²) in [6.45, 7) is 3.30. The number of ether oxygens (including phenoxy) is 2. The third kappa shape index (κ3) is 4.88. The van der Waals surface area contributed by atoms with Crippen LogP contribution < -0.4 is 20.1 Å². The molecule has 0 fully saturated rings. The molecular weight excluding hydrogens is 360 g/mol. The Bertz CT molecular complexity index is 894. The molecular formula is C21H22N2O5. The molecule has 0 radical (unpaired) electrons. The Balaban J connectivity index is 1.55. The second-order valence-electron chi connectivity index (χ2n) is 6.27. The van der Waals surface area contributed by atoms with E-state index in [1.54, 1.807) is 42.5 Å². The first kappa shape index (κ1) is 19.4. The van der Waals surface area contributed by atoms with Gasteiger partial charge in [-0.1, -0.05) is 6.07 Å². The fraction of sp³-hybridized carbons (Fsp3) is 0.286. The SMILES string of the molecule is CCNC(=O)c1cccc(NC(=O)CCC(=O)c2ccc3c(c2)OCCO3)c1. The van der Waals surface area contributed by atoms with Gasteiger partial charge in [0.05, 0.1) is 0 Å². The first-order valence-electron chi connectivity index (χ1n) is 9.18. The largest absolute Gasteiger partial charge is 0.486 e. The molecule has 0 saturated carbocycles. The molecule has 7 heteroatoms. The van der Waals surface area contributed by atoms with Crippen LogP contribution in [0.25, 0.3) is 0 Å². The van der Waals surface area contributed by atoms with Crippen molar-refractivity contribution in [2.45, 2.75) is 19.8 Å². The van der Waals surface area contributed by atoms with Crippen molar-refractivity contribution in [1.29, 1.82) is 0 Å². The second-order valence-corrected chi connectivity index (χ2v) is 6.27. The zero-order valence-electron chi connectivity index (χ0n) is 15.6. The molecule has 1 aliphatic heterocycles. The van der Waals surface area contributed by atoms with Crippen molar-refractivity contribution >= 4 is 23.3 Å². The van der Waals surface area contributed by atoms with E-state index in [-0.39, 0.29) is 30.4 Å². The van der Waals surface area contributed by atoms with E-state index >= 15 is 0 Å². The minimum atomic E-state index is -0.293. The maximum absolute atomic E-state index is 12.4. The third-order valence-electron chi connectivity index (χ3n) is 4.19. The number of amides is 2. The van der Waals surface area contributed by atoms with Crippen molar-refractivity contribution in [3.63, 3.8) is 0 Å². The molecule has 2 amide bonds. The Morgan fingerprint density at radius 1 is 0.929 bits per heavy atom. The van der Waals surface area contributed by atoms with Gasteiger partial charge in [-0.15, -0.1) is 0 Å². The van der Waals surface area contributed by atoms with E-state index in [1.165, 1.54) is 0 Å². The monoisotopic (exact) mass is 382 g/mol. The predicted molar refractivity (Wildman–Crippen MR) is 104 cm³/mol. The summed E-state index contributed by atoms with van der Waals surface area (Å²) in [5.41, 5.74) is 1.46.